The van der Waals surface area contributed by atoms with E-state index in [0.717, 1.165) is 25.2 Å². The van der Waals surface area contributed by atoms with Crippen molar-refractivity contribution in [2.75, 3.05) is 20.3 Å². The Morgan fingerprint density at radius 2 is 2.00 bits per heavy atom. The summed E-state index contributed by atoms with van der Waals surface area (Å²) < 4.78 is 13.3. The lowest BCUT2D eigenvalue weighted by Gasteiger charge is -2.33. The molecule has 3 aromatic rings. The molecule has 0 spiro atoms. The van der Waals surface area contributed by atoms with Gasteiger partial charge < -0.3 is 9.47 Å². The molecule has 0 unspecified atom stereocenters. The van der Waals surface area contributed by atoms with Crippen molar-refractivity contribution >= 4 is 0 Å². The minimum absolute atomic E-state index is 0.124. The molecule has 0 bridgehead atoms. The van der Waals surface area contributed by atoms with Crippen LogP contribution in [0.1, 0.15) is 17.3 Å². The molecule has 0 radical (unpaired) electrons. The lowest BCUT2D eigenvalue weighted by molar-refractivity contribution is 0.124. The summed E-state index contributed by atoms with van der Waals surface area (Å²) in [6, 6.07) is 11.8. The Labute approximate surface area is 152 Å². The summed E-state index contributed by atoms with van der Waals surface area (Å²) in [5.74, 6) is 1.31. The summed E-state index contributed by atoms with van der Waals surface area (Å²) >= 11 is 0. The zero-order valence-corrected chi connectivity index (χ0v) is 14.7. The van der Waals surface area contributed by atoms with Gasteiger partial charge in [0.1, 0.15) is 6.61 Å². The third-order valence-corrected chi connectivity index (χ3v) is 4.45. The van der Waals surface area contributed by atoms with Gasteiger partial charge in [-0.2, -0.15) is 5.10 Å². The number of hydrogen-bond acceptors (Lipinski definition) is 6. The van der Waals surface area contributed by atoms with Crippen LogP contribution in [0.2, 0.25) is 0 Å². The van der Waals surface area contributed by atoms with Gasteiger partial charge >= 0.3 is 0 Å². The second-order valence-electron chi connectivity index (χ2n) is 6.24. The summed E-state index contributed by atoms with van der Waals surface area (Å²) in [5.41, 5.74) is 2.25. The van der Waals surface area contributed by atoms with E-state index in [-0.39, 0.29) is 6.04 Å². The van der Waals surface area contributed by atoms with Gasteiger partial charge in [0.25, 0.3) is 0 Å². The molecule has 3 aromatic heterocycles. The predicted octanol–water partition coefficient (Wildman–Crippen LogP) is 2.32. The number of pyridine rings is 2. The second-order valence-corrected chi connectivity index (χ2v) is 6.24. The molecule has 7 nitrogen and oxygen atoms in total. The fraction of sp³-hybridized carbons (Fsp3) is 0.316. The van der Waals surface area contributed by atoms with Crippen LogP contribution in [0, 0.1) is 0 Å². The van der Waals surface area contributed by atoms with Crippen LogP contribution in [0.4, 0.5) is 0 Å². The average molecular weight is 351 g/mol. The molecular formula is C19H21N5O2. The molecule has 0 N–H and O–H groups in total. The average Bonchev–Trinajstić information content (AvgIpc) is 3.16. The van der Waals surface area contributed by atoms with Gasteiger partial charge in [-0.3, -0.25) is 9.58 Å². The highest BCUT2D eigenvalue weighted by Crippen LogP contribution is 2.24. The molecule has 1 aliphatic rings. The topological polar surface area (TPSA) is 65.3 Å². The third kappa shape index (κ3) is 3.52. The maximum absolute atomic E-state index is 5.88. The first-order valence-corrected chi connectivity index (χ1v) is 8.60. The zero-order chi connectivity index (χ0) is 17.8. The van der Waals surface area contributed by atoms with Gasteiger partial charge in [0.05, 0.1) is 18.8 Å². The van der Waals surface area contributed by atoms with E-state index in [9.17, 15) is 0 Å². The van der Waals surface area contributed by atoms with Crippen molar-refractivity contribution in [3.05, 3.63) is 66.2 Å². The highest BCUT2D eigenvalue weighted by molar-refractivity contribution is 5.25. The van der Waals surface area contributed by atoms with Crippen LogP contribution in [-0.4, -0.2) is 44.9 Å². The number of nitrogens with zero attached hydrogens (tertiary/aromatic N) is 5. The van der Waals surface area contributed by atoms with Gasteiger partial charge in [-0.15, -0.1) is 0 Å². The van der Waals surface area contributed by atoms with Crippen LogP contribution < -0.4 is 9.47 Å². The lowest BCUT2D eigenvalue weighted by atomic mass is 10.1. The molecule has 1 aliphatic heterocycles. The first-order chi connectivity index (χ1) is 12.8. The fourth-order valence-electron chi connectivity index (χ4n) is 3.29. The summed E-state index contributed by atoms with van der Waals surface area (Å²) in [7, 11) is 1.65. The normalized spacial score (nSPS) is 16.9. The lowest BCUT2D eigenvalue weighted by Crippen LogP contribution is -2.39. The van der Waals surface area contributed by atoms with Crippen molar-refractivity contribution in [2.45, 2.75) is 19.1 Å². The Morgan fingerprint density at radius 1 is 1.08 bits per heavy atom. The monoisotopic (exact) mass is 351 g/mol. The Kier molecular flexibility index (Phi) is 4.79. The molecule has 4 rings (SSSR count). The Hall–Kier alpha value is -2.93. The summed E-state index contributed by atoms with van der Waals surface area (Å²) in [6.07, 6.45) is 5.32. The highest BCUT2D eigenvalue weighted by Gasteiger charge is 2.27. The van der Waals surface area contributed by atoms with Gasteiger partial charge in [-0.25, -0.2) is 9.97 Å². The van der Waals surface area contributed by atoms with Crippen LogP contribution in [-0.2, 0) is 13.1 Å². The molecule has 0 amide bonds. The van der Waals surface area contributed by atoms with E-state index >= 15 is 0 Å². The molecule has 0 saturated carbocycles. The van der Waals surface area contributed by atoms with E-state index < -0.39 is 0 Å². The number of rotatable bonds is 6. The quantitative estimate of drug-likeness (QED) is 0.679. The second kappa shape index (κ2) is 7.53. The Bertz CT molecular complexity index is 852. The molecule has 134 valence electrons. The molecule has 0 aliphatic carbocycles. The molecule has 0 saturated heterocycles. The predicted molar refractivity (Wildman–Crippen MR) is 95.9 cm³/mol. The summed E-state index contributed by atoms with van der Waals surface area (Å²) in [4.78, 5) is 10.9. The minimum atomic E-state index is 0.124. The van der Waals surface area contributed by atoms with Gasteiger partial charge in [-0.1, -0.05) is 12.1 Å². The number of ether oxygens (including phenoxy) is 2. The van der Waals surface area contributed by atoms with Crippen molar-refractivity contribution in [3.8, 4) is 11.8 Å². The maximum atomic E-state index is 5.88. The van der Waals surface area contributed by atoms with Crippen LogP contribution >= 0.6 is 0 Å². The van der Waals surface area contributed by atoms with E-state index in [4.69, 9.17) is 9.47 Å². The van der Waals surface area contributed by atoms with E-state index in [1.807, 2.05) is 30.5 Å². The van der Waals surface area contributed by atoms with E-state index in [1.54, 1.807) is 19.5 Å². The van der Waals surface area contributed by atoms with Gasteiger partial charge in [0.15, 0.2) is 0 Å². The van der Waals surface area contributed by atoms with Crippen molar-refractivity contribution in [3.63, 3.8) is 0 Å². The first kappa shape index (κ1) is 16.5. The maximum Gasteiger partial charge on any atom is 0.217 e. The van der Waals surface area contributed by atoms with Gasteiger partial charge in [0.2, 0.25) is 11.8 Å². The van der Waals surface area contributed by atoms with Crippen LogP contribution in [0.15, 0.2) is 55.0 Å². The van der Waals surface area contributed by atoms with Crippen molar-refractivity contribution in [2.24, 2.45) is 0 Å². The van der Waals surface area contributed by atoms with E-state index in [2.05, 4.69) is 36.8 Å². The largest absolute Gasteiger partial charge is 0.481 e. The van der Waals surface area contributed by atoms with E-state index in [0.29, 0.717) is 18.4 Å². The fourth-order valence-corrected chi connectivity index (χ4v) is 3.29. The van der Waals surface area contributed by atoms with Crippen LogP contribution in [0.25, 0.3) is 0 Å². The molecule has 0 aromatic carbocycles. The zero-order valence-electron chi connectivity index (χ0n) is 14.7. The SMILES string of the molecule is COc1ncccc1CN1Cc2ccnn2[C@@H](COc2ccccn2)C1. The van der Waals surface area contributed by atoms with Crippen molar-refractivity contribution < 1.29 is 9.47 Å². The minimum Gasteiger partial charge on any atom is -0.481 e. The number of aromatic nitrogens is 4. The van der Waals surface area contributed by atoms with Crippen LogP contribution in [0.3, 0.4) is 0 Å². The summed E-state index contributed by atoms with van der Waals surface area (Å²) in [5, 5.41) is 4.48. The Balaban J connectivity index is 1.49. The Morgan fingerprint density at radius 3 is 2.85 bits per heavy atom. The molecule has 26 heavy (non-hydrogen) atoms. The highest BCUT2D eigenvalue weighted by atomic mass is 16.5. The molecule has 4 heterocycles. The summed E-state index contributed by atoms with van der Waals surface area (Å²) in [6.45, 7) is 2.95. The number of hydrogen-bond donors (Lipinski definition) is 0. The first-order valence-electron chi connectivity index (χ1n) is 8.60. The standard InChI is InChI=1S/C19H21N5O2/c1-25-19-15(5-4-9-21-19)11-23-12-16-7-10-22-24(16)17(13-23)14-26-18-6-2-3-8-20-18/h2-10,17H,11-14H2,1H3/t17-/m1/s1. The molecule has 7 heteroatoms. The van der Waals surface area contributed by atoms with Crippen LogP contribution in [0.5, 0.6) is 11.8 Å². The van der Waals surface area contributed by atoms with E-state index in [1.165, 1.54) is 5.69 Å². The molecule has 1 atom stereocenters. The number of fused-ring (bicyclic) bond motifs is 1. The molecular weight excluding hydrogens is 330 g/mol. The van der Waals surface area contributed by atoms with Crippen molar-refractivity contribution in [1.82, 2.24) is 24.6 Å². The van der Waals surface area contributed by atoms with Gasteiger partial charge in [0, 0.05) is 49.9 Å². The number of methoxy groups -OCH3 is 1. The molecule has 0 fully saturated rings. The smallest absolute Gasteiger partial charge is 0.217 e. The van der Waals surface area contributed by atoms with Gasteiger partial charge in [-0.05, 0) is 18.2 Å². The van der Waals surface area contributed by atoms with Crippen molar-refractivity contribution in [1.29, 1.82) is 0 Å². The third-order valence-electron chi connectivity index (χ3n) is 4.45.